The van der Waals surface area contributed by atoms with E-state index in [1.807, 2.05) is 54.3 Å². The predicted molar refractivity (Wildman–Crippen MR) is 93.6 cm³/mol. The zero-order chi connectivity index (χ0) is 17.1. The minimum atomic E-state index is 0.0617. The van der Waals surface area contributed by atoms with Crippen molar-refractivity contribution in [3.63, 3.8) is 0 Å². The minimum absolute atomic E-state index is 0.0617. The Morgan fingerprint density at radius 3 is 2.38 bits per heavy atom. The van der Waals surface area contributed by atoms with E-state index in [2.05, 4.69) is 0 Å². The zero-order valence-electron chi connectivity index (χ0n) is 14.4. The van der Waals surface area contributed by atoms with Gasteiger partial charge in [0.1, 0.15) is 11.5 Å². The molecule has 1 saturated carbocycles. The second-order valence-electron chi connectivity index (χ2n) is 6.20. The maximum atomic E-state index is 13.0. The van der Waals surface area contributed by atoms with Crippen LogP contribution in [-0.2, 0) is 6.54 Å². The Bertz CT molecular complexity index is 720. The molecule has 2 aromatic rings. The number of amides is 1. The highest BCUT2D eigenvalue weighted by molar-refractivity contribution is 5.95. The Morgan fingerprint density at radius 1 is 1.08 bits per heavy atom. The van der Waals surface area contributed by atoms with E-state index in [0.717, 1.165) is 35.5 Å². The molecule has 4 nitrogen and oxygen atoms in total. The fourth-order valence-corrected chi connectivity index (χ4v) is 2.80. The van der Waals surface area contributed by atoms with Crippen molar-refractivity contribution in [3.8, 4) is 11.5 Å². The van der Waals surface area contributed by atoms with Crippen LogP contribution in [0.2, 0.25) is 0 Å². The molecule has 0 N–H and O–H groups in total. The third-order valence-corrected chi connectivity index (χ3v) is 4.42. The number of hydrogen-bond acceptors (Lipinski definition) is 3. The van der Waals surface area contributed by atoms with Crippen LogP contribution in [0.15, 0.2) is 42.5 Å². The number of nitrogens with zero attached hydrogens (tertiary/aromatic N) is 1. The molecule has 3 rings (SSSR count). The number of ether oxygens (including phenoxy) is 2. The van der Waals surface area contributed by atoms with Gasteiger partial charge in [0, 0.05) is 18.2 Å². The lowest BCUT2D eigenvalue weighted by atomic mass is 10.1. The summed E-state index contributed by atoms with van der Waals surface area (Å²) in [6.45, 7) is 2.59. The highest BCUT2D eigenvalue weighted by Crippen LogP contribution is 2.31. The molecule has 2 aromatic carbocycles. The number of methoxy groups -OCH3 is 2. The molecule has 1 amide bonds. The van der Waals surface area contributed by atoms with Gasteiger partial charge >= 0.3 is 0 Å². The van der Waals surface area contributed by atoms with Gasteiger partial charge in [0.2, 0.25) is 0 Å². The summed E-state index contributed by atoms with van der Waals surface area (Å²) in [7, 11) is 3.28. The zero-order valence-corrected chi connectivity index (χ0v) is 14.4. The van der Waals surface area contributed by atoms with Crippen molar-refractivity contribution in [3.05, 3.63) is 59.2 Å². The van der Waals surface area contributed by atoms with Crippen LogP contribution in [0.4, 0.5) is 0 Å². The number of rotatable bonds is 6. The molecule has 0 bridgehead atoms. The van der Waals surface area contributed by atoms with E-state index in [1.54, 1.807) is 14.2 Å². The van der Waals surface area contributed by atoms with Crippen molar-refractivity contribution in [1.82, 2.24) is 4.90 Å². The molecule has 1 aliphatic rings. The van der Waals surface area contributed by atoms with Crippen molar-refractivity contribution < 1.29 is 14.3 Å². The number of aryl methyl sites for hydroxylation is 1. The number of carbonyl (C=O) groups excluding carboxylic acids is 1. The summed E-state index contributed by atoms with van der Waals surface area (Å²) in [6, 6.07) is 13.9. The molecule has 0 radical (unpaired) electrons. The van der Waals surface area contributed by atoms with Crippen LogP contribution in [0.3, 0.4) is 0 Å². The van der Waals surface area contributed by atoms with Crippen molar-refractivity contribution in [1.29, 1.82) is 0 Å². The van der Waals surface area contributed by atoms with E-state index in [4.69, 9.17) is 9.47 Å². The van der Waals surface area contributed by atoms with E-state index in [9.17, 15) is 4.79 Å². The summed E-state index contributed by atoms with van der Waals surface area (Å²) in [5, 5.41) is 0. The number of carbonyl (C=O) groups is 1. The van der Waals surface area contributed by atoms with Crippen LogP contribution < -0.4 is 9.47 Å². The van der Waals surface area contributed by atoms with Gasteiger partial charge in [-0.2, -0.15) is 0 Å². The van der Waals surface area contributed by atoms with Crippen molar-refractivity contribution in [2.75, 3.05) is 14.2 Å². The maximum Gasteiger partial charge on any atom is 0.254 e. The van der Waals surface area contributed by atoms with E-state index in [0.29, 0.717) is 18.2 Å². The average molecular weight is 325 g/mol. The number of benzene rings is 2. The van der Waals surface area contributed by atoms with Crippen molar-refractivity contribution in [2.24, 2.45) is 0 Å². The number of hydrogen-bond donors (Lipinski definition) is 0. The third kappa shape index (κ3) is 3.53. The van der Waals surface area contributed by atoms with Crippen molar-refractivity contribution >= 4 is 5.91 Å². The SMILES string of the molecule is COc1ccc(CN(C(=O)c2ccc(C)c(OC)c2)C2CC2)cc1. The standard InChI is InChI=1S/C20H23NO3/c1-14-4-7-16(12-19(14)24-3)20(22)21(17-8-9-17)13-15-5-10-18(23-2)11-6-15/h4-7,10-12,17H,8-9,13H2,1-3H3. The van der Waals surface area contributed by atoms with Crippen LogP contribution in [0, 0.1) is 6.92 Å². The third-order valence-electron chi connectivity index (χ3n) is 4.42. The quantitative estimate of drug-likeness (QED) is 0.810. The lowest BCUT2D eigenvalue weighted by molar-refractivity contribution is 0.0729. The lowest BCUT2D eigenvalue weighted by Gasteiger charge is -2.23. The summed E-state index contributed by atoms with van der Waals surface area (Å²) in [5.41, 5.74) is 2.81. The van der Waals surface area contributed by atoms with Gasteiger partial charge in [-0.25, -0.2) is 0 Å². The lowest BCUT2D eigenvalue weighted by Crippen LogP contribution is -2.32. The molecule has 24 heavy (non-hydrogen) atoms. The molecule has 1 aliphatic carbocycles. The first-order valence-electron chi connectivity index (χ1n) is 8.21. The molecule has 0 saturated heterocycles. The smallest absolute Gasteiger partial charge is 0.254 e. The first-order valence-corrected chi connectivity index (χ1v) is 8.21. The van der Waals surface area contributed by atoms with Gasteiger partial charge in [0.15, 0.2) is 0 Å². The van der Waals surface area contributed by atoms with Gasteiger partial charge in [-0.15, -0.1) is 0 Å². The summed E-state index contributed by atoms with van der Waals surface area (Å²) < 4.78 is 10.5. The fourth-order valence-electron chi connectivity index (χ4n) is 2.80. The van der Waals surface area contributed by atoms with Gasteiger partial charge < -0.3 is 14.4 Å². The van der Waals surface area contributed by atoms with E-state index < -0.39 is 0 Å². The predicted octanol–water partition coefficient (Wildman–Crippen LogP) is 3.82. The molecule has 4 heteroatoms. The summed E-state index contributed by atoms with van der Waals surface area (Å²) in [4.78, 5) is 14.9. The molecule has 0 spiro atoms. The monoisotopic (exact) mass is 325 g/mol. The largest absolute Gasteiger partial charge is 0.497 e. The van der Waals surface area contributed by atoms with Gasteiger partial charge in [-0.3, -0.25) is 4.79 Å². The van der Waals surface area contributed by atoms with Crippen LogP contribution >= 0.6 is 0 Å². The van der Waals surface area contributed by atoms with Gasteiger partial charge in [-0.05, 0) is 55.2 Å². The highest BCUT2D eigenvalue weighted by Gasteiger charge is 2.33. The Hall–Kier alpha value is -2.49. The summed E-state index contributed by atoms with van der Waals surface area (Å²) >= 11 is 0. The molecule has 0 heterocycles. The molecule has 0 unspecified atom stereocenters. The average Bonchev–Trinajstić information content (AvgIpc) is 3.45. The second-order valence-corrected chi connectivity index (χ2v) is 6.20. The van der Waals surface area contributed by atoms with E-state index >= 15 is 0 Å². The van der Waals surface area contributed by atoms with Crippen LogP contribution in [0.1, 0.15) is 34.3 Å². The molecule has 126 valence electrons. The minimum Gasteiger partial charge on any atom is -0.497 e. The fraction of sp³-hybridized carbons (Fsp3) is 0.350. The topological polar surface area (TPSA) is 38.8 Å². The van der Waals surface area contributed by atoms with E-state index in [-0.39, 0.29) is 5.91 Å². The maximum absolute atomic E-state index is 13.0. The Morgan fingerprint density at radius 2 is 1.79 bits per heavy atom. The normalized spacial score (nSPS) is 13.5. The molecule has 1 fully saturated rings. The first kappa shape index (κ1) is 16.4. The summed E-state index contributed by atoms with van der Waals surface area (Å²) in [5.74, 6) is 1.64. The molecule has 0 aliphatic heterocycles. The Kier molecular flexibility index (Phi) is 4.74. The first-order chi connectivity index (χ1) is 11.6. The van der Waals surface area contributed by atoms with Crippen LogP contribution in [0.5, 0.6) is 11.5 Å². The Balaban J connectivity index is 1.81. The Labute approximate surface area is 143 Å². The van der Waals surface area contributed by atoms with Crippen LogP contribution in [-0.4, -0.2) is 31.1 Å². The summed E-state index contributed by atoms with van der Waals surface area (Å²) in [6.07, 6.45) is 2.15. The van der Waals surface area contributed by atoms with Crippen LogP contribution in [0.25, 0.3) is 0 Å². The van der Waals surface area contributed by atoms with Gasteiger partial charge in [-0.1, -0.05) is 18.2 Å². The van der Waals surface area contributed by atoms with Gasteiger partial charge in [0.25, 0.3) is 5.91 Å². The highest BCUT2D eigenvalue weighted by atomic mass is 16.5. The molecule has 0 atom stereocenters. The molecular formula is C20H23NO3. The van der Waals surface area contributed by atoms with Crippen molar-refractivity contribution in [2.45, 2.75) is 32.4 Å². The molecular weight excluding hydrogens is 302 g/mol. The van der Waals surface area contributed by atoms with Gasteiger partial charge in [0.05, 0.1) is 14.2 Å². The molecule has 0 aromatic heterocycles. The second kappa shape index (κ2) is 6.95. The van der Waals surface area contributed by atoms with E-state index in [1.165, 1.54) is 0 Å².